The number of carbonyl (C=O) groups excluding carboxylic acids is 3. The van der Waals surface area contributed by atoms with Crippen LogP contribution in [0.15, 0.2) is 40.0 Å². The number of aromatic nitrogens is 3. The standard InChI is InChI=1S/C22H20N4O5S/c1-12-9-15(10-18-21(29)24(22(30)32-18)11-19(27)31-4)13(2)25(12)26-14(3)23-17-8-6-5-7-16(17)20(26)28/h5-10H,11H2,1-4H3. The van der Waals surface area contributed by atoms with Crippen molar-refractivity contribution in [2.75, 3.05) is 13.7 Å². The zero-order chi connectivity index (χ0) is 23.2. The summed E-state index contributed by atoms with van der Waals surface area (Å²) in [5.41, 5.74) is 2.54. The van der Waals surface area contributed by atoms with E-state index in [2.05, 4.69) is 9.72 Å². The van der Waals surface area contributed by atoms with Crippen molar-refractivity contribution >= 4 is 45.9 Å². The zero-order valence-corrected chi connectivity index (χ0v) is 18.7. The molecule has 0 aliphatic carbocycles. The molecule has 1 aliphatic heterocycles. The number of methoxy groups -OCH3 is 1. The highest BCUT2D eigenvalue weighted by atomic mass is 32.2. The van der Waals surface area contributed by atoms with Crippen LogP contribution in [0.25, 0.3) is 17.0 Å². The van der Waals surface area contributed by atoms with Crippen molar-refractivity contribution in [1.29, 1.82) is 0 Å². The predicted octanol–water partition coefficient (Wildman–Crippen LogP) is 2.64. The SMILES string of the molecule is COC(=O)CN1C(=O)SC(=Cc2cc(C)n(-n3c(C)nc4ccccc4c3=O)c2C)C1=O. The molecule has 1 fully saturated rings. The summed E-state index contributed by atoms with van der Waals surface area (Å²) < 4.78 is 7.78. The quantitative estimate of drug-likeness (QED) is 0.443. The van der Waals surface area contributed by atoms with Gasteiger partial charge in [-0.25, -0.2) is 4.98 Å². The van der Waals surface area contributed by atoms with Gasteiger partial charge in [0.1, 0.15) is 12.4 Å². The molecular weight excluding hydrogens is 432 g/mol. The Hall–Kier alpha value is -3.66. The lowest BCUT2D eigenvalue weighted by molar-refractivity contribution is -0.143. The lowest BCUT2D eigenvalue weighted by Crippen LogP contribution is -2.34. The third-order valence-corrected chi connectivity index (χ3v) is 6.13. The molecule has 0 N–H and O–H groups in total. The molecule has 0 radical (unpaired) electrons. The number of nitrogens with zero attached hydrogens (tertiary/aromatic N) is 4. The van der Waals surface area contributed by atoms with Gasteiger partial charge in [0.25, 0.3) is 16.7 Å². The van der Waals surface area contributed by atoms with Crippen LogP contribution in [-0.2, 0) is 14.3 Å². The molecule has 0 atom stereocenters. The minimum Gasteiger partial charge on any atom is -0.468 e. The second-order valence-corrected chi connectivity index (χ2v) is 8.27. The molecule has 0 bridgehead atoms. The molecule has 164 valence electrons. The van der Waals surface area contributed by atoms with Crippen molar-refractivity contribution in [1.82, 2.24) is 19.2 Å². The normalized spacial score (nSPS) is 15.2. The number of hydrogen-bond acceptors (Lipinski definition) is 7. The highest BCUT2D eigenvalue weighted by Crippen LogP contribution is 2.33. The van der Waals surface area contributed by atoms with Crippen LogP contribution < -0.4 is 5.56 Å². The largest absolute Gasteiger partial charge is 0.468 e. The number of esters is 1. The Kier molecular flexibility index (Phi) is 5.47. The first-order valence-corrected chi connectivity index (χ1v) is 10.5. The van der Waals surface area contributed by atoms with E-state index in [1.807, 2.05) is 26.0 Å². The van der Waals surface area contributed by atoms with Crippen LogP contribution in [0.5, 0.6) is 0 Å². The molecule has 1 saturated heterocycles. The van der Waals surface area contributed by atoms with Crippen LogP contribution in [-0.4, -0.2) is 50.0 Å². The summed E-state index contributed by atoms with van der Waals surface area (Å²) in [5, 5.41) is -0.0395. The maximum atomic E-state index is 13.2. The fourth-order valence-corrected chi connectivity index (χ4v) is 4.50. The molecule has 1 aliphatic rings. The molecule has 3 heterocycles. The molecule has 0 saturated carbocycles. The van der Waals surface area contributed by atoms with Gasteiger partial charge in [0.05, 0.1) is 22.9 Å². The fraction of sp³-hybridized carbons (Fsp3) is 0.227. The van der Waals surface area contributed by atoms with E-state index in [0.717, 1.165) is 22.4 Å². The summed E-state index contributed by atoms with van der Waals surface area (Å²) in [7, 11) is 1.19. The Morgan fingerprint density at radius 2 is 1.84 bits per heavy atom. The number of hydrogen-bond donors (Lipinski definition) is 0. The molecule has 9 nitrogen and oxygen atoms in total. The van der Waals surface area contributed by atoms with E-state index in [0.29, 0.717) is 28.0 Å². The van der Waals surface area contributed by atoms with Crippen LogP contribution in [0.3, 0.4) is 0 Å². The summed E-state index contributed by atoms with van der Waals surface area (Å²) in [6.07, 6.45) is 1.59. The van der Waals surface area contributed by atoms with Crippen molar-refractivity contribution in [2.24, 2.45) is 0 Å². The summed E-state index contributed by atoms with van der Waals surface area (Å²) in [6, 6.07) is 8.96. The molecule has 2 amide bonds. The first-order valence-electron chi connectivity index (χ1n) is 9.73. The number of ether oxygens (including phenoxy) is 1. The molecule has 3 aromatic rings. The van der Waals surface area contributed by atoms with E-state index in [1.54, 1.807) is 35.9 Å². The maximum absolute atomic E-state index is 13.2. The topological polar surface area (TPSA) is 104 Å². The highest BCUT2D eigenvalue weighted by Gasteiger charge is 2.36. The van der Waals surface area contributed by atoms with Crippen molar-refractivity contribution in [3.63, 3.8) is 0 Å². The number of imide groups is 1. The number of benzene rings is 1. The van der Waals surface area contributed by atoms with Crippen LogP contribution in [0.1, 0.15) is 22.8 Å². The van der Waals surface area contributed by atoms with E-state index in [4.69, 9.17) is 0 Å². The van der Waals surface area contributed by atoms with Crippen molar-refractivity contribution in [3.8, 4) is 0 Å². The number of fused-ring (bicyclic) bond motifs is 1. The minimum atomic E-state index is -0.676. The number of thioether (sulfide) groups is 1. The average Bonchev–Trinajstić information content (AvgIpc) is 3.18. The predicted molar refractivity (Wildman–Crippen MR) is 120 cm³/mol. The lowest BCUT2D eigenvalue weighted by Gasteiger charge is -2.16. The Bertz CT molecular complexity index is 1380. The van der Waals surface area contributed by atoms with Gasteiger partial charge in [0.15, 0.2) is 0 Å². The second kappa shape index (κ2) is 8.12. The smallest absolute Gasteiger partial charge is 0.325 e. The van der Waals surface area contributed by atoms with Crippen LogP contribution in [0, 0.1) is 20.8 Å². The first-order chi connectivity index (χ1) is 15.2. The summed E-state index contributed by atoms with van der Waals surface area (Å²) in [5.74, 6) is -0.721. The number of amides is 2. The summed E-state index contributed by atoms with van der Waals surface area (Å²) in [4.78, 5) is 55.1. The van der Waals surface area contributed by atoms with Crippen molar-refractivity contribution < 1.29 is 19.1 Å². The van der Waals surface area contributed by atoms with E-state index < -0.39 is 23.7 Å². The van der Waals surface area contributed by atoms with Gasteiger partial charge in [0, 0.05) is 11.4 Å². The monoisotopic (exact) mass is 452 g/mol. The number of aryl methyl sites for hydroxylation is 2. The van der Waals surface area contributed by atoms with E-state index in [1.165, 1.54) is 11.8 Å². The van der Waals surface area contributed by atoms with E-state index >= 15 is 0 Å². The Morgan fingerprint density at radius 3 is 2.56 bits per heavy atom. The molecule has 0 unspecified atom stereocenters. The lowest BCUT2D eigenvalue weighted by atomic mass is 10.2. The van der Waals surface area contributed by atoms with Gasteiger partial charge in [-0.15, -0.1) is 0 Å². The second-order valence-electron chi connectivity index (χ2n) is 7.28. The third-order valence-electron chi connectivity index (χ3n) is 5.22. The van der Waals surface area contributed by atoms with Gasteiger partial charge in [-0.3, -0.25) is 28.8 Å². The maximum Gasteiger partial charge on any atom is 0.325 e. The molecule has 4 rings (SSSR count). The molecule has 32 heavy (non-hydrogen) atoms. The number of para-hydroxylation sites is 1. The van der Waals surface area contributed by atoms with Gasteiger partial charge in [-0.2, -0.15) is 4.68 Å². The number of rotatable bonds is 4. The van der Waals surface area contributed by atoms with E-state index in [9.17, 15) is 19.2 Å². The Balaban J connectivity index is 1.78. The highest BCUT2D eigenvalue weighted by molar-refractivity contribution is 8.18. The van der Waals surface area contributed by atoms with Crippen LogP contribution in [0.4, 0.5) is 4.79 Å². The van der Waals surface area contributed by atoms with Gasteiger partial charge in [-0.05, 0) is 62.4 Å². The van der Waals surface area contributed by atoms with Crippen molar-refractivity contribution in [3.05, 3.63) is 68.4 Å². The molecule has 10 heteroatoms. The third kappa shape index (κ3) is 3.52. The summed E-state index contributed by atoms with van der Waals surface area (Å²) in [6.45, 7) is 4.98. The van der Waals surface area contributed by atoms with Crippen LogP contribution >= 0.6 is 11.8 Å². The molecule has 2 aromatic heterocycles. The van der Waals surface area contributed by atoms with E-state index in [-0.39, 0.29) is 10.5 Å². The average molecular weight is 452 g/mol. The minimum absolute atomic E-state index is 0.194. The first kappa shape index (κ1) is 21.6. The van der Waals surface area contributed by atoms with Crippen LogP contribution in [0.2, 0.25) is 0 Å². The number of carbonyl (C=O) groups is 3. The van der Waals surface area contributed by atoms with Gasteiger partial charge < -0.3 is 4.74 Å². The summed E-state index contributed by atoms with van der Waals surface area (Å²) >= 11 is 0.758. The fourth-order valence-electron chi connectivity index (χ4n) is 3.67. The molecule has 0 spiro atoms. The van der Waals surface area contributed by atoms with Gasteiger partial charge in [-0.1, -0.05) is 12.1 Å². The van der Waals surface area contributed by atoms with Gasteiger partial charge in [0.2, 0.25) is 0 Å². The Morgan fingerprint density at radius 1 is 1.12 bits per heavy atom. The van der Waals surface area contributed by atoms with Gasteiger partial charge >= 0.3 is 5.97 Å². The molecule has 1 aromatic carbocycles. The van der Waals surface area contributed by atoms with Crippen molar-refractivity contribution in [2.45, 2.75) is 20.8 Å². The molecular formula is C22H20N4O5S. The Labute approximate surface area is 187 Å². The zero-order valence-electron chi connectivity index (χ0n) is 17.9.